The van der Waals surface area contributed by atoms with Crippen LogP contribution in [-0.2, 0) is 25.3 Å². The predicted molar refractivity (Wildman–Crippen MR) is 157 cm³/mol. The predicted octanol–water partition coefficient (Wildman–Crippen LogP) is 6.08. The summed E-state index contributed by atoms with van der Waals surface area (Å²) in [5.41, 5.74) is 1.64. The van der Waals surface area contributed by atoms with Gasteiger partial charge in [0.2, 0.25) is 10.0 Å². The van der Waals surface area contributed by atoms with Crippen LogP contribution in [0, 0.1) is 0 Å². The van der Waals surface area contributed by atoms with Gasteiger partial charge in [0.25, 0.3) is 0 Å². The molecule has 0 spiro atoms. The van der Waals surface area contributed by atoms with Crippen molar-refractivity contribution in [2.45, 2.75) is 24.6 Å². The Morgan fingerprint density at radius 3 is 2.62 bits per heavy atom. The van der Waals surface area contributed by atoms with Crippen molar-refractivity contribution in [3.05, 3.63) is 73.7 Å². The van der Waals surface area contributed by atoms with Crippen LogP contribution < -0.4 is 14.4 Å². The second-order valence-electron chi connectivity index (χ2n) is 8.58. The number of benzene rings is 2. The molecule has 39 heavy (non-hydrogen) atoms. The topological polar surface area (TPSA) is 102 Å². The van der Waals surface area contributed by atoms with E-state index in [-0.39, 0.29) is 27.4 Å². The summed E-state index contributed by atoms with van der Waals surface area (Å²) in [6.07, 6.45) is 2.07. The van der Waals surface area contributed by atoms with E-state index in [1.807, 2.05) is 0 Å². The summed E-state index contributed by atoms with van der Waals surface area (Å²) in [4.78, 5) is 23.9. The molecular weight excluding hydrogens is 651 g/mol. The first kappa shape index (κ1) is 29.6. The Kier molecular flexibility index (Phi) is 9.77. The number of halogens is 3. The fraction of sp³-hybridized carbons (Fsp3) is 0.269. The van der Waals surface area contributed by atoms with Gasteiger partial charge in [-0.3, -0.25) is 4.31 Å². The van der Waals surface area contributed by atoms with Gasteiger partial charge < -0.3 is 14.8 Å². The number of methoxy groups -OCH3 is 1. The normalized spacial score (nSPS) is 13.9. The first-order valence-electron chi connectivity index (χ1n) is 11.7. The summed E-state index contributed by atoms with van der Waals surface area (Å²) in [7, 11) is -2.61. The van der Waals surface area contributed by atoms with Crippen LogP contribution in [0.3, 0.4) is 0 Å². The number of carbonyl (C=O) groups is 1. The van der Waals surface area contributed by atoms with Crippen molar-refractivity contribution >= 4 is 78.1 Å². The van der Waals surface area contributed by atoms with E-state index >= 15 is 0 Å². The zero-order valence-corrected chi connectivity index (χ0v) is 25.3. The average Bonchev–Trinajstić information content (AvgIpc) is 3.25. The molecule has 0 unspecified atom stereocenters. The third-order valence-electron chi connectivity index (χ3n) is 6.04. The van der Waals surface area contributed by atoms with Crippen molar-refractivity contribution in [2.75, 3.05) is 24.5 Å². The molecule has 13 heteroatoms. The number of thiophene rings is 1. The second kappa shape index (κ2) is 12.9. The second-order valence-corrected chi connectivity index (χ2v) is 13.1. The summed E-state index contributed by atoms with van der Waals surface area (Å²) in [5.74, 6) is 0.728. The SMILES string of the molecule is COC(=O)c1sc(-c2cccc(N(C3CCNCC3)S(=O)(=O)Cc3ccc(Cl)c(Cl)c3)c2)c(Br)c1OC=C=O. The molecule has 2 heterocycles. The standard InChI is InChI=1S/C26H23BrCl2N2O6S2/c1-36-26(33)25-23(37-12-11-32)22(27)24(38-25)17-3-2-4-19(14-17)31(18-7-9-30-10-8-18)39(34,35)15-16-5-6-20(28)21(29)13-16/h2-6,12-14,18,30H,7-10,15H2,1H3. The lowest BCUT2D eigenvalue weighted by molar-refractivity contribution is 0.0603. The quantitative estimate of drug-likeness (QED) is 0.167. The summed E-state index contributed by atoms with van der Waals surface area (Å²) in [6.45, 7) is 1.38. The van der Waals surface area contributed by atoms with Gasteiger partial charge in [0.05, 0.1) is 37.9 Å². The van der Waals surface area contributed by atoms with E-state index < -0.39 is 16.0 Å². The first-order valence-corrected chi connectivity index (χ1v) is 15.7. The van der Waals surface area contributed by atoms with Gasteiger partial charge in [-0.05, 0) is 77.3 Å². The van der Waals surface area contributed by atoms with E-state index in [1.165, 1.54) is 17.4 Å². The monoisotopic (exact) mass is 672 g/mol. The van der Waals surface area contributed by atoms with Crippen LogP contribution in [0.15, 0.2) is 53.2 Å². The smallest absolute Gasteiger partial charge is 0.351 e. The van der Waals surface area contributed by atoms with Gasteiger partial charge in [-0.25, -0.2) is 18.0 Å². The minimum Gasteiger partial charge on any atom is -0.465 e. The molecule has 2 aromatic carbocycles. The molecule has 1 aliphatic heterocycles. The molecule has 4 rings (SSSR count). The number of carbonyl (C=O) groups excluding carboxylic acids is 2. The van der Waals surface area contributed by atoms with E-state index in [4.69, 9.17) is 32.7 Å². The fourth-order valence-corrected chi connectivity index (χ4v) is 8.43. The first-order chi connectivity index (χ1) is 18.7. The van der Waals surface area contributed by atoms with Crippen molar-refractivity contribution in [3.8, 4) is 16.2 Å². The van der Waals surface area contributed by atoms with Gasteiger partial charge in [-0.15, -0.1) is 11.3 Å². The number of ether oxygens (including phenoxy) is 2. The Morgan fingerprint density at radius 2 is 1.95 bits per heavy atom. The van der Waals surface area contributed by atoms with Crippen LogP contribution in [0.1, 0.15) is 28.1 Å². The molecule has 206 valence electrons. The van der Waals surface area contributed by atoms with E-state index in [0.717, 1.165) is 17.6 Å². The molecule has 1 saturated heterocycles. The van der Waals surface area contributed by atoms with Crippen LogP contribution in [0.4, 0.5) is 5.69 Å². The van der Waals surface area contributed by atoms with Gasteiger partial charge in [0.15, 0.2) is 22.8 Å². The molecule has 1 fully saturated rings. The molecule has 1 aliphatic rings. The van der Waals surface area contributed by atoms with Crippen LogP contribution in [0.25, 0.3) is 10.4 Å². The average molecular weight is 674 g/mol. The lowest BCUT2D eigenvalue weighted by Crippen LogP contribution is -2.46. The van der Waals surface area contributed by atoms with Crippen molar-refractivity contribution in [1.82, 2.24) is 5.32 Å². The maximum Gasteiger partial charge on any atom is 0.351 e. The maximum atomic E-state index is 13.9. The van der Waals surface area contributed by atoms with Gasteiger partial charge in [0.1, 0.15) is 0 Å². The van der Waals surface area contributed by atoms with E-state index in [0.29, 0.717) is 57.1 Å². The Morgan fingerprint density at radius 1 is 1.21 bits per heavy atom. The Bertz CT molecular complexity index is 1530. The minimum absolute atomic E-state index is 0.109. The van der Waals surface area contributed by atoms with Crippen LogP contribution in [-0.4, -0.2) is 46.6 Å². The number of anilines is 1. The molecule has 0 saturated carbocycles. The molecule has 0 radical (unpaired) electrons. The van der Waals surface area contributed by atoms with Crippen molar-refractivity contribution in [2.24, 2.45) is 0 Å². The Balaban J connectivity index is 1.79. The van der Waals surface area contributed by atoms with Crippen molar-refractivity contribution in [1.29, 1.82) is 0 Å². The molecule has 0 amide bonds. The molecule has 0 atom stereocenters. The molecule has 1 N–H and O–H groups in total. The van der Waals surface area contributed by atoms with E-state index in [1.54, 1.807) is 42.5 Å². The molecule has 0 aliphatic carbocycles. The Hall–Kier alpha value is -2.37. The fourth-order valence-electron chi connectivity index (χ4n) is 4.33. The van der Waals surface area contributed by atoms with Crippen LogP contribution in [0.5, 0.6) is 5.75 Å². The molecule has 1 aromatic heterocycles. The molecule has 3 aromatic rings. The van der Waals surface area contributed by atoms with Crippen molar-refractivity contribution in [3.63, 3.8) is 0 Å². The van der Waals surface area contributed by atoms with Crippen LogP contribution in [0.2, 0.25) is 10.0 Å². The highest BCUT2D eigenvalue weighted by Gasteiger charge is 2.32. The minimum atomic E-state index is -3.85. The van der Waals surface area contributed by atoms with E-state index in [2.05, 4.69) is 21.2 Å². The summed E-state index contributed by atoms with van der Waals surface area (Å²) >= 11 is 16.7. The lowest BCUT2D eigenvalue weighted by Gasteiger charge is -2.35. The zero-order valence-electron chi connectivity index (χ0n) is 20.6. The van der Waals surface area contributed by atoms with Crippen LogP contribution >= 0.6 is 50.5 Å². The summed E-state index contributed by atoms with van der Waals surface area (Å²) in [5, 5.41) is 3.91. The number of hydrogen-bond donors (Lipinski definition) is 1. The third-order valence-corrected chi connectivity index (χ3v) is 10.8. The number of piperidine rings is 1. The third kappa shape index (κ3) is 6.69. The highest BCUT2D eigenvalue weighted by Crippen LogP contribution is 2.47. The van der Waals surface area contributed by atoms with Crippen molar-refractivity contribution < 1.29 is 27.5 Å². The zero-order chi connectivity index (χ0) is 28.2. The largest absolute Gasteiger partial charge is 0.465 e. The number of sulfonamides is 1. The number of rotatable bonds is 9. The summed E-state index contributed by atoms with van der Waals surface area (Å²) in [6, 6.07) is 11.6. The number of esters is 1. The number of hydrogen-bond acceptors (Lipinski definition) is 8. The van der Waals surface area contributed by atoms with E-state index in [9.17, 15) is 18.0 Å². The molecule has 0 bridgehead atoms. The number of nitrogens with one attached hydrogen (secondary N) is 1. The summed E-state index contributed by atoms with van der Waals surface area (Å²) < 4.78 is 39.9. The van der Waals surface area contributed by atoms with Gasteiger partial charge in [0, 0.05) is 6.04 Å². The highest BCUT2D eigenvalue weighted by molar-refractivity contribution is 9.10. The number of nitrogens with zero attached hydrogens (tertiary/aromatic N) is 1. The van der Waals surface area contributed by atoms with Gasteiger partial charge in [-0.2, -0.15) is 0 Å². The maximum absolute atomic E-state index is 13.9. The molecular formula is C26H23BrCl2N2O6S2. The lowest BCUT2D eigenvalue weighted by atomic mass is 10.1. The van der Waals surface area contributed by atoms with Gasteiger partial charge in [-0.1, -0.05) is 41.4 Å². The molecule has 8 nitrogen and oxygen atoms in total. The Labute approximate surface area is 248 Å². The highest BCUT2D eigenvalue weighted by atomic mass is 79.9. The van der Waals surface area contributed by atoms with Gasteiger partial charge >= 0.3 is 5.97 Å².